The zero-order valence-corrected chi connectivity index (χ0v) is 10.4. The normalized spacial score (nSPS) is 12.1. The summed E-state index contributed by atoms with van der Waals surface area (Å²) in [5.41, 5.74) is 6.65. The predicted molar refractivity (Wildman–Crippen MR) is 71.8 cm³/mol. The van der Waals surface area contributed by atoms with Gasteiger partial charge in [-0.3, -0.25) is 0 Å². The van der Waals surface area contributed by atoms with Gasteiger partial charge in [-0.15, -0.1) is 0 Å². The summed E-state index contributed by atoms with van der Waals surface area (Å²) >= 11 is 0. The fourth-order valence-corrected chi connectivity index (χ4v) is 1.81. The number of ether oxygens (including phenoxy) is 1. The van der Waals surface area contributed by atoms with Crippen LogP contribution >= 0.6 is 0 Å². The first kappa shape index (κ1) is 13.4. The third kappa shape index (κ3) is 3.69. The number of aromatic hydroxyl groups is 1. The van der Waals surface area contributed by atoms with Gasteiger partial charge in [-0.2, -0.15) is 0 Å². The van der Waals surface area contributed by atoms with E-state index in [0.29, 0.717) is 18.9 Å². The molecule has 2 rings (SSSR count). The van der Waals surface area contributed by atoms with Crippen LogP contribution in [-0.4, -0.2) is 18.3 Å². The van der Waals surface area contributed by atoms with Gasteiger partial charge in [0, 0.05) is 18.5 Å². The van der Waals surface area contributed by atoms with Crippen LogP contribution in [-0.2, 0) is 0 Å². The molecule has 100 valence electrons. The molecule has 1 unspecified atom stereocenters. The summed E-state index contributed by atoms with van der Waals surface area (Å²) in [5, 5.41) is 9.34. The number of halogens is 1. The van der Waals surface area contributed by atoms with Gasteiger partial charge in [0.25, 0.3) is 0 Å². The summed E-state index contributed by atoms with van der Waals surface area (Å²) in [4.78, 5) is 0. The molecule has 0 aliphatic heterocycles. The third-order valence-corrected chi connectivity index (χ3v) is 2.89. The third-order valence-electron chi connectivity index (χ3n) is 2.89. The lowest BCUT2D eigenvalue weighted by Crippen LogP contribution is -2.19. The largest absolute Gasteiger partial charge is 0.508 e. The van der Waals surface area contributed by atoms with E-state index in [9.17, 15) is 9.50 Å². The molecule has 0 amide bonds. The zero-order valence-electron chi connectivity index (χ0n) is 10.4. The highest BCUT2D eigenvalue weighted by Crippen LogP contribution is 2.21. The van der Waals surface area contributed by atoms with Crippen LogP contribution in [0.3, 0.4) is 0 Å². The van der Waals surface area contributed by atoms with Gasteiger partial charge in [-0.25, -0.2) is 4.39 Å². The Morgan fingerprint density at radius 1 is 1.16 bits per heavy atom. The number of benzene rings is 2. The van der Waals surface area contributed by atoms with Crippen molar-refractivity contribution in [1.29, 1.82) is 0 Å². The summed E-state index contributed by atoms with van der Waals surface area (Å²) in [6, 6.07) is 12.8. The smallest absolute Gasteiger partial charge is 0.123 e. The number of hydrogen-bond acceptors (Lipinski definition) is 3. The lowest BCUT2D eigenvalue weighted by molar-refractivity contribution is 0.289. The van der Waals surface area contributed by atoms with Crippen LogP contribution in [0.1, 0.15) is 11.5 Å². The molecular weight excluding hydrogens is 245 g/mol. The Kier molecular flexibility index (Phi) is 4.36. The fourth-order valence-electron chi connectivity index (χ4n) is 1.81. The Morgan fingerprint density at radius 3 is 2.53 bits per heavy atom. The van der Waals surface area contributed by atoms with Gasteiger partial charge in [0.15, 0.2) is 0 Å². The molecule has 19 heavy (non-hydrogen) atoms. The molecule has 0 aliphatic rings. The quantitative estimate of drug-likeness (QED) is 0.870. The molecule has 3 N–H and O–H groups in total. The number of phenols is 1. The van der Waals surface area contributed by atoms with E-state index >= 15 is 0 Å². The summed E-state index contributed by atoms with van der Waals surface area (Å²) in [6.45, 7) is 0.788. The summed E-state index contributed by atoms with van der Waals surface area (Å²) in [7, 11) is 0. The first-order chi connectivity index (χ1) is 9.19. The summed E-state index contributed by atoms with van der Waals surface area (Å²) in [6.07, 6.45) is 0. The van der Waals surface area contributed by atoms with E-state index in [1.54, 1.807) is 30.3 Å². The molecule has 0 spiro atoms. The lowest BCUT2D eigenvalue weighted by Gasteiger charge is -2.16. The van der Waals surface area contributed by atoms with Gasteiger partial charge in [0.1, 0.15) is 17.3 Å². The zero-order chi connectivity index (χ0) is 13.7. The molecular formula is C15H16FNO2. The van der Waals surface area contributed by atoms with Crippen LogP contribution in [0.2, 0.25) is 0 Å². The number of nitrogens with two attached hydrogens (primary N) is 1. The van der Waals surface area contributed by atoms with Crippen molar-refractivity contribution in [3.8, 4) is 11.5 Å². The van der Waals surface area contributed by atoms with Gasteiger partial charge in [0.2, 0.25) is 0 Å². The molecule has 3 nitrogen and oxygen atoms in total. The van der Waals surface area contributed by atoms with E-state index < -0.39 is 0 Å². The highest BCUT2D eigenvalue weighted by Gasteiger charge is 2.11. The first-order valence-electron chi connectivity index (χ1n) is 6.06. The number of phenolic OH excluding ortho intramolecular Hbond substituents is 1. The Balaban J connectivity index is 2.01. The van der Waals surface area contributed by atoms with Crippen molar-refractivity contribution in [2.24, 2.45) is 5.73 Å². The van der Waals surface area contributed by atoms with E-state index in [1.807, 2.05) is 0 Å². The van der Waals surface area contributed by atoms with Gasteiger partial charge < -0.3 is 15.6 Å². The van der Waals surface area contributed by atoms with Crippen molar-refractivity contribution in [2.45, 2.75) is 5.92 Å². The Bertz CT molecular complexity index is 528. The Labute approximate surface area is 111 Å². The molecule has 1 atom stereocenters. The number of hydrogen-bond donors (Lipinski definition) is 2. The second-order valence-corrected chi connectivity index (χ2v) is 4.29. The van der Waals surface area contributed by atoms with Gasteiger partial charge in [-0.05, 0) is 29.8 Å². The highest BCUT2D eigenvalue weighted by atomic mass is 19.1. The lowest BCUT2D eigenvalue weighted by atomic mass is 10.0. The van der Waals surface area contributed by atoms with E-state index in [-0.39, 0.29) is 17.5 Å². The average Bonchev–Trinajstić information content (AvgIpc) is 2.41. The Hall–Kier alpha value is -2.07. The average molecular weight is 261 g/mol. The van der Waals surface area contributed by atoms with Crippen molar-refractivity contribution in [3.63, 3.8) is 0 Å². The monoisotopic (exact) mass is 261 g/mol. The molecule has 2 aromatic rings. The van der Waals surface area contributed by atoms with Crippen molar-refractivity contribution in [3.05, 3.63) is 59.9 Å². The Morgan fingerprint density at radius 2 is 1.89 bits per heavy atom. The van der Waals surface area contributed by atoms with E-state index in [0.717, 1.165) is 5.56 Å². The molecule has 0 bridgehead atoms. The second-order valence-electron chi connectivity index (χ2n) is 4.29. The van der Waals surface area contributed by atoms with Crippen LogP contribution in [0.15, 0.2) is 48.5 Å². The van der Waals surface area contributed by atoms with Crippen molar-refractivity contribution < 1.29 is 14.2 Å². The SMILES string of the molecule is NCC(COc1cccc(O)c1)c1ccc(F)cc1. The number of rotatable bonds is 5. The minimum atomic E-state index is -0.270. The molecule has 0 saturated carbocycles. The minimum Gasteiger partial charge on any atom is -0.508 e. The molecule has 0 aromatic heterocycles. The molecule has 0 heterocycles. The van der Waals surface area contributed by atoms with Crippen LogP contribution in [0.5, 0.6) is 11.5 Å². The van der Waals surface area contributed by atoms with Crippen molar-refractivity contribution in [1.82, 2.24) is 0 Å². The fraction of sp³-hybridized carbons (Fsp3) is 0.200. The predicted octanol–water partition coefficient (Wildman–Crippen LogP) is 2.65. The van der Waals surface area contributed by atoms with E-state index in [1.165, 1.54) is 18.2 Å². The first-order valence-corrected chi connectivity index (χ1v) is 6.06. The molecule has 0 aliphatic carbocycles. The molecule has 2 aromatic carbocycles. The van der Waals surface area contributed by atoms with Crippen molar-refractivity contribution >= 4 is 0 Å². The van der Waals surface area contributed by atoms with Crippen LogP contribution < -0.4 is 10.5 Å². The maximum Gasteiger partial charge on any atom is 0.123 e. The maximum absolute atomic E-state index is 12.9. The molecule has 4 heteroatoms. The highest BCUT2D eigenvalue weighted by molar-refractivity contribution is 5.32. The van der Waals surface area contributed by atoms with E-state index in [2.05, 4.69) is 0 Å². The molecule has 0 fully saturated rings. The second kappa shape index (κ2) is 6.20. The van der Waals surface area contributed by atoms with Gasteiger partial charge >= 0.3 is 0 Å². The van der Waals surface area contributed by atoms with Crippen molar-refractivity contribution in [2.75, 3.05) is 13.2 Å². The van der Waals surface area contributed by atoms with Crippen LogP contribution in [0.25, 0.3) is 0 Å². The molecule has 0 saturated heterocycles. The van der Waals surface area contributed by atoms with Gasteiger partial charge in [0.05, 0.1) is 6.61 Å². The summed E-state index contributed by atoms with van der Waals surface area (Å²) < 4.78 is 18.4. The standard InChI is InChI=1S/C15H16FNO2/c16-13-6-4-11(5-7-13)12(9-17)10-19-15-3-1-2-14(18)8-15/h1-8,12,18H,9-10,17H2. The molecule has 0 radical (unpaired) electrons. The summed E-state index contributed by atoms with van der Waals surface area (Å²) in [5.74, 6) is 0.459. The van der Waals surface area contributed by atoms with Crippen LogP contribution in [0.4, 0.5) is 4.39 Å². The minimum absolute atomic E-state index is 0.0112. The topological polar surface area (TPSA) is 55.5 Å². The van der Waals surface area contributed by atoms with Gasteiger partial charge in [-0.1, -0.05) is 18.2 Å². The van der Waals surface area contributed by atoms with Crippen LogP contribution in [0, 0.1) is 5.82 Å². The van der Waals surface area contributed by atoms with E-state index in [4.69, 9.17) is 10.5 Å². The maximum atomic E-state index is 12.9.